The SMILES string of the molecule is N#Cc1c(C(F)(F)F)nc2sc3ccccc3n2c1=N. The van der Waals surface area contributed by atoms with Gasteiger partial charge in [-0.1, -0.05) is 23.5 Å². The third-order valence-electron chi connectivity index (χ3n) is 2.78. The highest BCUT2D eigenvalue weighted by atomic mass is 32.1. The molecule has 3 aromatic rings. The number of rotatable bonds is 0. The van der Waals surface area contributed by atoms with Crippen molar-refractivity contribution in [1.82, 2.24) is 9.38 Å². The number of nitrogens with zero attached hydrogens (tertiary/aromatic N) is 3. The van der Waals surface area contributed by atoms with Crippen molar-refractivity contribution in [3.8, 4) is 6.07 Å². The Labute approximate surface area is 113 Å². The number of para-hydroxylation sites is 1. The van der Waals surface area contributed by atoms with Gasteiger partial charge in [0.2, 0.25) is 0 Å². The van der Waals surface area contributed by atoms with Crippen LogP contribution in [0.5, 0.6) is 0 Å². The number of aromatic nitrogens is 2. The molecule has 0 saturated carbocycles. The molecule has 0 aliphatic rings. The van der Waals surface area contributed by atoms with Crippen molar-refractivity contribution in [2.75, 3.05) is 0 Å². The van der Waals surface area contributed by atoms with Crippen LogP contribution in [0.15, 0.2) is 24.3 Å². The molecule has 1 aromatic carbocycles. The number of nitriles is 1. The highest BCUT2D eigenvalue weighted by molar-refractivity contribution is 7.23. The van der Waals surface area contributed by atoms with E-state index >= 15 is 0 Å². The minimum atomic E-state index is -4.76. The molecule has 8 heteroatoms. The average molecular weight is 294 g/mol. The summed E-state index contributed by atoms with van der Waals surface area (Å²) in [5, 5.41) is 16.8. The van der Waals surface area contributed by atoms with Gasteiger partial charge in [0, 0.05) is 0 Å². The van der Waals surface area contributed by atoms with Gasteiger partial charge in [0.1, 0.15) is 11.6 Å². The fraction of sp³-hybridized carbons (Fsp3) is 0.0833. The summed E-state index contributed by atoms with van der Waals surface area (Å²) in [4.78, 5) is 3.57. The van der Waals surface area contributed by atoms with E-state index in [0.29, 0.717) is 10.2 Å². The van der Waals surface area contributed by atoms with E-state index in [0.717, 1.165) is 11.3 Å². The maximum atomic E-state index is 12.9. The highest BCUT2D eigenvalue weighted by Gasteiger charge is 2.37. The zero-order valence-electron chi connectivity index (χ0n) is 9.69. The van der Waals surface area contributed by atoms with Crippen molar-refractivity contribution in [2.45, 2.75) is 6.18 Å². The van der Waals surface area contributed by atoms with Crippen LogP contribution in [0.3, 0.4) is 0 Å². The van der Waals surface area contributed by atoms with Crippen LogP contribution in [0.4, 0.5) is 13.2 Å². The van der Waals surface area contributed by atoms with Gasteiger partial charge in [-0.3, -0.25) is 9.81 Å². The molecule has 100 valence electrons. The van der Waals surface area contributed by atoms with Crippen molar-refractivity contribution in [1.29, 1.82) is 10.7 Å². The standard InChI is InChI=1S/C12H5F3N4S/c13-12(14,15)9-6(5-16)10(17)19-7-3-1-2-4-8(7)20-11(19)18-9/h1-4,17H. The lowest BCUT2D eigenvalue weighted by molar-refractivity contribution is -0.141. The summed E-state index contributed by atoms with van der Waals surface area (Å²) in [6.45, 7) is 0. The minimum Gasteiger partial charge on any atom is -0.283 e. The summed E-state index contributed by atoms with van der Waals surface area (Å²) in [7, 11) is 0. The van der Waals surface area contributed by atoms with Crippen molar-refractivity contribution < 1.29 is 13.2 Å². The highest BCUT2D eigenvalue weighted by Crippen LogP contribution is 2.31. The molecule has 0 amide bonds. The van der Waals surface area contributed by atoms with Gasteiger partial charge in [-0.2, -0.15) is 18.4 Å². The second-order valence-electron chi connectivity index (χ2n) is 3.98. The zero-order valence-corrected chi connectivity index (χ0v) is 10.5. The molecule has 0 bridgehead atoms. The van der Waals surface area contributed by atoms with Gasteiger partial charge >= 0.3 is 6.18 Å². The van der Waals surface area contributed by atoms with Crippen LogP contribution in [-0.4, -0.2) is 9.38 Å². The van der Waals surface area contributed by atoms with Gasteiger partial charge in [0.05, 0.1) is 10.2 Å². The largest absolute Gasteiger partial charge is 0.434 e. The summed E-state index contributed by atoms with van der Waals surface area (Å²) in [6, 6.07) is 8.29. The lowest BCUT2D eigenvalue weighted by Crippen LogP contribution is -2.24. The van der Waals surface area contributed by atoms with Crippen molar-refractivity contribution in [3.63, 3.8) is 0 Å². The second kappa shape index (κ2) is 4.05. The van der Waals surface area contributed by atoms with Gasteiger partial charge in [-0.05, 0) is 12.1 Å². The first-order valence-corrected chi connectivity index (χ1v) is 6.21. The van der Waals surface area contributed by atoms with Crippen LogP contribution < -0.4 is 5.49 Å². The summed E-state index contributed by atoms with van der Waals surface area (Å²) in [5.74, 6) is 0. The molecule has 0 aliphatic carbocycles. The fourth-order valence-electron chi connectivity index (χ4n) is 1.95. The Morgan fingerprint density at radius 2 is 2.00 bits per heavy atom. The zero-order chi connectivity index (χ0) is 14.5. The molecule has 3 rings (SSSR count). The van der Waals surface area contributed by atoms with Crippen LogP contribution in [0.25, 0.3) is 15.2 Å². The van der Waals surface area contributed by atoms with E-state index < -0.39 is 22.9 Å². The summed E-state index contributed by atoms with van der Waals surface area (Å²) < 4.78 is 40.7. The lowest BCUT2D eigenvalue weighted by atomic mass is 10.2. The van der Waals surface area contributed by atoms with Gasteiger partial charge in [0.15, 0.2) is 16.1 Å². The third-order valence-corrected chi connectivity index (χ3v) is 3.81. The first-order valence-electron chi connectivity index (χ1n) is 5.39. The Balaban J connectivity index is 2.57. The molecule has 0 radical (unpaired) electrons. The predicted molar refractivity (Wildman–Crippen MR) is 66.1 cm³/mol. The Kier molecular flexibility index (Phi) is 2.55. The molecule has 2 aromatic heterocycles. The molecular formula is C12H5F3N4S. The van der Waals surface area contributed by atoms with Gasteiger partial charge < -0.3 is 0 Å². The third kappa shape index (κ3) is 1.67. The molecule has 0 atom stereocenters. The van der Waals surface area contributed by atoms with E-state index in [1.807, 2.05) is 0 Å². The van der Waals surface area contributed by atoms with E-state index in [-0.39, 0.29) is 4.96 Å². The summed E-state index contributed by atoms with van der Waals surface area (Å²) in [5.41, 5.74) is -2.01. The maximum Gasteiger partial charge on any atom is 0.434 e. The van der Waals surface area contributed by atoms with E-state index in [2.05, 4.69) is 4.98 Å². The fourth-order valence-corrected chi connectivity index (χ4v) is 2.98. The Bertz CT molecular complexity index is 930. The van der Waals surface area contributed by atoms with Crippen LogP contribution in [0.2, 0.25) is 0 Å². The first-order chi connectivity index (χ1) is 9.43. The molecule has 0 saturated heterocycles. The Morgan fingerprint density at radius 3 is 2.65 bits per heavy atom. The van der Waals surface area contributed by atoms with Gasteiger partial charge in [0.25, 0.3) is 0 Å². The number of hydrogen-bond donors (Lipinski definition) is 1. The quantitative estimate of drug-likeness (QED) is 0.693. The molecular weight excluding hydrogens is 289 g/mol. The summed E-state index contributed by atoms with van der Waals surface area (Å²) in [6.07, 6.45) is -4.76. The Morgan fingerprint density at radius 1 is 1.30 bits per heavy atom. The maximum absolute atomic E-state index is 12.9. The molecule has 4 nitrogen and oxygen atoms in total. The first kappa shape index (κ1) is 12.6. The molecule has 0 spiro atoms. The van der Waals surface area contributed by atoms with Crippen molar-refractivity contribution in [3.05, 3.63) is 41.0 Å². The number of hydrogen-bond acceptors (Lipinski definition) is 4. The van der Waals surface area contributed by atoms with Crippen LogP contribution >= 0.6 is 11.3 Å². The minimum absolute atomic E-state index is 0.0440. The second-order valence-corrected chi connectivity index (χ2v) is 4.99. The molecule has 0 unspecified atom stereocenters. The molecule has 1 N–H and O–H groups in total. The van der Waals surface area contributed by atoms with Crippen LogP contribution in [0.1, 0.15) is 11.3 Å². The smallest absolute Gasteiger partial charge is 0.283 e. The number of thiazole rings is 1. The number of halogens is 3. The van der Waals surface area contributed by atoms with Gasteiger partial charge in [-0.25, -0.2) is 4.98 Å². The predicted octanol–water partition coefficient (Wildman–Crippen LogP) is 2.92. The van der Waals surface area contributed by atoms with E-state index in [1.165, 1.54) is 10.5 Å². The lowest BCUT2D eigenvalue weighted by Gasteiger charge is -2.08. The monoisotopic (exact) mass is 294 g/mol. The van der Waals surface area contributed by atoms with Gasteiger partial charge in [-0.15, -0.1) is 0 Å². The molecule has 2 heterocycles. The van der Waals surface area contributed by atoms with E-state index in [4.69, 9.17) is 10.7 Å². The molecule has 20 heavy (non-hydrogen) atoms. The Hall–Kier alpha value is -2.40. The van der Waals surface area contributed by atoms with E-state index in [1.54, 1.807) is 24.3 Å². The number of benzene rings is 1. The van der Waals surface area contributed by atoms with Crippen LogP contribution in [-0.2, 0) is 6.18 Å². The number of fused-ring (bicyclic) bond motifs is 3. The van der Waals surface area contributed by atoms with Crippen molar-refractivity contribution >= 4 is 26.5 Å². The number of nitrogens with one attached hydrogen (secondary N) is 1. The molecule has 0 aliphatic heterocycles. The van der Waals surface area contributed by atoms with Crippen LogP contribution in [0, 0.1) is 16.7 Å². The topological polar surface area (TPSA) is 64.9 Å². The average Bonchev–Trinajstić information content (AvgIpc) is 2.76. The number of alkyl halides is 3. The van der Waals surface area contributed by atoms with Crippen molar-refractivity contribution in [2.24, 2.45) is 0 Å². The summed E-state index contributed by atoms with van der Waals surface area (Å²) >= 11 is 1.05. The normalized spacial score (nSPS) is 11.9. The molecule has 0 fully saturated rings. The van der Waals surface area contributed by atoms with E-state index in [9.17, 15) is 13.2 Å².